The second-order valence-electron chi connectivity index (χ2n) is 10.0. The summed E-state index contributed by atoms with van der Waals surface area (Å²) in [6.07, 6.45) is 6.69. The summed E-state index contributed by atoms with van der Waals surface area (Å²) in [5.41, 5.74) is -0.596. The third-order valence-electron chi connectivity index (χ3n) is 8.77. The maximum absolute atomic E-state index is 15.2. The first-order valence-corrected chi connectivity index (χ1v) is 13.6. The molecule has 0 spiro atoms. The molecule has 0 aromatic heterocycles. The minimum absolute atomic E-state index is 0.0516. The Hall–Kier alpha value is 0.844. The molecule has 0 radical (unpaired) electrons. The summed E-state index contributed by atoms with van der Waals surface area (Å²) < 4.78 is 15.2. The summed E-state index contributed by atoms with van der Waals surface area (Å²) in [6, 6.07) is 0. The average Bonchev–Trinajstić information content (AvgIpc) is 3.00. The molecular formula is C21H32BrFO2SV. The Morgan fingerprint density at radius 2 is 1.74 bits per heavy atom. The molecule has 0 aromatic rings. The predicted octanol–water partition coefficient (Wildman–Crippen LogP) is 5.56. The molecule has 1 N–H and O–H groups in total. The van der Waals surface area contributed by atoms with Crippen molar-refractivity contribution in [3.8, 4) is 0 Å². The van der Waals surface area contributed by atoms with E-state index in [0.29, 0.717) is 47.6 Å². The normalized spacial score (nSPS) is 51.2. The molecule has 0 bridgehead atoms. The fraction of sp³-hybridized carbons (Fsp3) is 0.952. The van der Waals surface area contributed by atoms with Crippen molar-refractivity contribution in [3.05, 3.63) is 0 Å². The van der Waals surface area contributed by atoms with E-state index < -0.39 is 11.8 Å². The van der Waals surface area contributed by atoms with Crippen LogP contribution in [-0.4, -0.2) is 28.0 Å². The zero-order valence-corrected chi connectivity index (χ0v) is 20.2. The first kappa shape index (κ1) is 22.5. The van der Waals surface area contributed by atoms with Gasteiger partial charge in [-0.25, -0.2) is 4.39 Å². The van der Waals surface area contributed by atoms with Gasteiger partial charge < -0.3 is 5.11 Å². The summed E-state index contributed by atoms with van der Waals surface area (Å²) >= 11 is 5.26. The number of hydrogen-bond acceptors (Lipinski definition) is 3. The Morgan fingerprint density at radius 1 is 1.11 bits per heavy atom. The number of Topliss-reactive ketones (excluding diaryl/α,β-unsaturated/α-hetero) is 1. The molecule has 0 heterocycles. The van der Waals surface area contributed by atoms with E-state index in [-0.39, 0.29) is 17.3 Å². The van der Waals surface area contributed by atoms with E-state index in [9.17, 15) is 9.90 Å². The van der Waals surface area contributed by atoms with Crippen molar-refractivity contribution in [1.29, 1.82) is 0 Å². The number of carbonyl (C=O) groups is 1. The van der Waals surface area contributed by atoms with Gasteiger partial charge in [0.2, 0.25) is 0 Å². The minimum atomic E-state index is -0.772. The molecule has 0 amide bonds. The predicted molar refractivity (Wildman–Crippen MR) is 108 cm³/mol. The molecule has 2 nitrogen and oxygen atoms in total. The van der Waals surface area contributed by atoms with Gasteiger partial charge in [0, 0.05) is 5.92 Å². The average molecular weight is 498 g/mol. The van der Waals surface area contributed by atoms with Gasteiger partial charge >= 0.3 is 26.0 Å². The molecule has 4 rings (SSSR count). The van der Waals surface area contributed by atoms with Crippen LogP contribution in [0.5, 0.6) is 0 Å². The number of ketones is 1. The van der Waals surface area contributed by atoms with Crippen LogP contribution in [0, 0.1) is 40.9 Å². The maximum atomic E-state index is 15.2. The van der Waals surface area contributed by atoms with E-state index in [1.165, 1.54) is 0 Å². The molecular weight excluding hydrogens is 466 g/mol. The standard InChI is InChI=1S/C21H32BrFO2.S.V/c1-20(25)7-5-13-12-6-8-21(2)16(3-4-17(21)19(24)11-22)14(12)9-18(23)15(13)10-20;;/h12-18,25H,3-11H2,1-2H3;;/t12-,13-,14-,15+,16+,17-,18-,20-,21+;;/m1../s1. The number of carbonyl (C=O) groups excluding carboxylic acids is 1. The quantitative estimate of drug-likeness (QED) is 0.507. The van der Waals surface area contributed by atoms with Crippen molar-refractivity contribution in [2.45, 2.75) is 77.0 Å². The summed E-state index contributed by atoms with van der Waals surface area (Å²) in [4.78, 5) is 12.4. The molecule has 4 aliphatic rings. The van der Waals surface area contributed by atoms with Gasteiger partial charge in [-0.05, 0) is 93.3 Å². The Labute approximate surface area is 184 Å². The third-order valence-corrected chi connectivity index (χ3v) is 9.32. The van der Waals surface area contributed by atoms with Crippen molar-refractivity contribution in [1.82, 2.24) is 0 Å². The fourth-order valence-corrected chi connectivity index (χ4v) is 8.02. The van der Waals surface area contributed by atoms with Gasteiger partial charge in [-0.2, -0.15) is 0 Å². The SMILES string of the molecule is C[C@@]1(O)CC[C@@H]2[C@H]3CC[C@]4(C)[C@@H](C(=O)CBr)CC[C@H]4[C@@H]3C[C@@H](F)[C@H]2C1.[S]=[V]. The van der Waals surface area contributed by atoms with Crippen LogP contribution in [0.25, 0.3) is 0 Å². The van der Waals surface area contributed by atoms with E-state index in [1.54, 1.807) is 0 Å². The summed E-state index contributed by atoms with van der Waals surface area (Å²) in [5.74, 6) is 2.60. The molecule has 6 heteroatoms. The second-order valence-corrected chi connectivity index (χ2v) is 10.6. The Bertz CT molecular complexity index is 576. The number of rotatable bonds is 2. The van der Waals surface area contributed by atoms with E-state index in [2.05, 4.69) is 33.1 Å². The van der Waals surface area contributed by atoms with Gasteiger partial charge in [0.05, 0.1) is 10.9 Å². The van der Waals surface area contributed by atoms with Crippen LogP contribution < -0.4 is 0 Å². The van der Waals surface area contributed by atoms with E-state index in [1.807, 2.05) is 22.6 Å². The third kappa shape index (κ3) is 3.94. The molecule has 4 aliphatic carbocycles. The first-order valence-electron chi connectivity index (χ1n) is 10.4. The molecule has 153 valence electrons. The molecule has 0 saturated heterocycles. The van der Waals surface area contributed by atoms with Crippen molar-refractivity contribution in [3.63, 3.8) is 0 Å². The van der Waals surface area contributed by atoms with Crippen molar-refractivity contribution in [2.24, 2.45) is 40.9 Å². The van der Waals surface area contributed by atoms with Gasteiger partial charge in [-0.15, -0.1) is 0 Å². The van der Waals surface area contributed by atoms with Crippen LogP contribution >= 0.6 is 26.2 Å². The Kier molecular flexibility index (Phi) is 7.12. The van der Waals surface area contributed by atoms with Crippen LogP contribution in [0.2, 0.25) is 0 Å². The van der Waals surface area contributed by atoms with Crippen LogP contribution in [0.1, 0.15) is 65.2 Å². The number of alkyl halides is 2. The number of aliphatic hydroxyl groups is 1. The number of halogens is 2. The molecule has 4 fully saturated rings. The molecule has 4 saturated carbocycles. The Morgan fingerprint density at radius 3 is 2.41 bits per heavy atom. The number of fused-ring (bicyclic) bond motifs is 5. The van der Waals surface area contributed by atoms with Gasteiger partial charge in [0.25, 0.3) is 0 Å². The molecule has 27 heavy (non-hydrogen) atoms. The van der Waals surface area contributed by atoms with Gasteiger partial charge in [-0.3, -0.25) is 4.79 Å². The fourth-order valence-electron chi connectivity index (χ4n) is 7.62. The molecule has 9 atom stereocenters. The zero-order valence-electron chi connectivity index (χ0n) is 16.4. The second kappa shape index (κ2) is 8.53. The number of hydrogen-bond donors (Lipinski definition) is 1. The van der Waals surface area contributed by atoms with E-state index in [0.717, 1.165) is 38.5 Å². The molecule has 0 unspecified atom stereocenters. The summed E-state index contributed by atoms with van der Waals surface area (Å²) in [7, 11) is 4.02. The topological polar surface area (TPSA) is 37.3 Å². The summed E-state index contributed by atoms with van der Waals surface area (Å²) in [5, 5.41) is 10.9. The van der Waals surface area contributed by atoms with E-state index >= 15 is 4.39 Å². The van der Waals surface area contributed by atoms with Crippen molar-refractivity contribution >= 4 is 32.0 Å². The van der Waals surface area contributed by atoms with Crippen molar-refractivity contribution < 1.29 is 30.0 Å². The van der Waals surface area contributed by atoms with Crippen LogP contribution in [0.15, 0.2) is 0 Å². The first-order chi connectivity index (χ1) is 12.8. The van der Waals surface area contributed by atoms with Crippen molar-refractivity contribution in [2.75, 3.05) is 5.33 Å². The van der Waals surface area contributed by atoms with Crippen LogP contribution in [0.3, 0.4) is 0 Å². The molecule has 0 aromatic carbocycles. The monoisotopic (exact) mass is 497 g/mol. The summed E-state index contributed by atoms with van der Waals surface area (Å²) in [6.45, 7) is 4.20. The Balaban J connectivity index is 0.00000102. The zero-order chi connectivity index (χ0) is 20.0. The van der Waals surface area contributed by atoms with Crippen LogP contribution in [0.4, 0.5) is 4.39 Å². The van der Waals surface area contributed by atoms with Gasteiger partial charge in [-0.1, -0.05) is 22.9 Å². The van der Waals surface area contributed by atoms with Gasteiger partial charge in [0.15, 0.2) is 0 Å². The van der Waals surface area contributed by atoms with Crippen LogP contribution in [-0.2, 0) is 20.5 Å². The molecule has 0 aliphatic heterocycles. The van der Waals surface area contributed by atoms with Gasteiger partial charge in [0.1, 0.15) is 12.0 Å². The van der Waals surface area contributed by atoms with E-state index in [4.69, 9.17) is 0 Å².